The van der Waals surface area contributed by atoms with Gasteiger partial charge in [-0.3, -0.25) is 9.78 Å². The summed E-state index contributed by atoms with van der Waals surface area (Å²) in [5.41, 5.74) is 8.66. The van der Waals surface area contributed by atoms with Crippen molar-refractivity contribution in [3.63, 3.8) is 0 Å². The van der Waals surface area contributed by atoms with Gasteiger partial charge in [-0.2, -0.15) is 0 Å². The van der Waals surface area contributed by atoms with Crippen molar-refractivity contribution in [3.8, 4) is 0 Å². The van der Waals surface area contributed by atoms with Crippen molar-refractivity contribution >= 4 is 5.91 Å². The third kappa shape index (κ3) is 3.65. The number of rotatable bonds is 5. The van der Waals surface area contributed by atoms with E-state index in [9.17, 15) is 4.79 Å². The molecule has 1 amide bonds. The average molecular weight is 269 g/mol. The molecule has 2 aromatic rings. The van der Waals surface area contributed by atoms with E-state index in [2.05, 4.69) is 10.3 Å². The molecule has 0 radical (unpaired) electrons. The Balaban J connectivity index is 1.99. The molecule has 0 unspecified atom stereocenters. The number of hydrogen-bond acceptors (Lipinski definition) is 3. The first kappa shape index (κ1) is 14.2. The van der Waals surface area contributed by atoms with Crippen LogP contribution in [0.1, 0.15) is 29.7 Å². The molecule has 1 heterocycles. The van der Waals surface area contributed by atoms with Gasteiger partial charge >= 0.3 is 0 Å². The molecule has 20 heavy (non-hydrogen) atoms. The third-order valence-corrected chi connectivity index (χ3v) is 3.25. The molecule has 4 nitrogen and oxygen atoms in total. The van der Waals surface area contributed by atoms with Crippen LogP contribution in [0.3, 0.4) is 0 Å². The van der Waals surface area contributed by atoms with Gasteiger partial charge in [0.05, 0.1) is 12.5 Å². The molecule has 0 spiro atoms. The number of aromatic nitrogens is 1. The van der Waals surface area contributed by atoms with E-state index in [-0.39, 0.29) is 11.9 Å². The van der Waals surface area contributed by atoms with Crippen molar-refractivity contribution in [1.29, 1.82) is 0 Å². The van der Waals surface area contributed by atoms with Crippen LogP contribution < -0.4 is 11.1 Å². The molecular weight excluding hydrogens is 250 g/mol. The molecule has 1 aromatic heterocycles. The maximum absolute atomic E-state index is 12.1. The lowest BCUT2D eigenvalue weighted by molar-refractivity contribution is -0.121. The Morgan fingerprint density at radius 3 is 2.65 bits per heavy atom. The zero-order valence-electron chi connectivity index (χ0n) is 11.5. The molecular formula is C16H19N3O. The first-order valence-corrected chi connectivity index (χ1v) is 6.67. The number of hydrogen-bond donors (Lipinski definition) is 2. The molecule has 1 aromatic carbocycles. The van der Waals surface area contributed by atoms with Gasteiger partial charge < -0.3 is 11.1 Å². The highest BCUT2D eigenvalue weighted by molar-refractivity contribution is 5.79. The van der Waals surface area contributed by atoms with Crippen molar-refractivity contribution in [1.82, 2.24) is 10.3 Å². The maximum Gasteiger partial charge on any atom is 0.224 e. The minimum absolute atomic E-state index is 0.0118. The summed E-state index contributed by atoms with van der Waals surface area (Å²) in [6, 6.07) is 11.5. The van der Waals surface area contributed by atoms with Crippen LogP contribution >= 0.6 is 0 Å². The topological polar surface area (TPSA) is 68.0 Å². The van der Waals surface area contributed by atoms with Gasteiger partial charge in [0.1, 0.15) is 0 Å². The van der Waals surface area contributed by atoms with Gasteiger partial charge in [0, 0.05) is 18.9 Å². The predicted molar refractivity (Wildman–Crippen MR) is 78.8 cm³/mol. The summed E-state index contributed by atoms with van der Waals surface area (Å²) >= 11 is 0. The summed E-state index contributed by atoms with van der Waals surface area (Å²) in [5.74, 6) is -0.0118. The third-order valence-electron chi connectivity index (χ3n) is 3.25. The SMILES string of the molecule is C[C@@H](NC(=O)Cc1ccccc1CN)c1cccnc1. The van der Waals surface area contributed by atoms with Crippen LogP contribution in [0.2, 0.25) is 0 Å². The largest absolute Gasteiger partial charge is 0.349 e. The summed E-state index contributed by atoms with van der Waals surface area (Å²) < 4.78 is 0. The Morgan fingerprint density at radius 1 is 1.25 bits per heavy atom. The standard InChI is InChI=1S/C16H19N3O/c1-12(15-7-4-8-18-11-15)19-16(20)9-13-5-2-3-6-14(13)10-17/h2-8,11-12H,9-10,17H2,1H3,(H,19,20)/t12-/m1/s1. The molecule has 2 rings (SSSR count). The second kappa shape index (κ2) is 6.82. The summed E-state index contributed by atoms with van der Waals surface area (Å²) in [4.78, 5) is 16.1. The summed E-state index contributed by atoms with van der Waals surface area (Å²) in [6.45, 7) is 2.39. The lowest BCUT2D eigenvalue weighted by atomic mass is 10.0. The monoisotopic (exact) mass is 269 g/mol. The van der Waals surface area contributed by atoms with E-state index >= 15 is 0 Å². The highest BCUT2D eigenvalue weighted by Gasteiger charge is 2.11. The number of pyridine rings is 1. The first-order valence-electron chi connectivity index (χ1n) is 6.67. The Bertz CT molecular complexity index is 569. The molecule has 0 aliphatic heterocycles. The van der Waals surface area contributed by atoms with E-state index in [0.29, 0.717) is 13.0 Å². The van der Waals surface area contributed by atoms with Gasteiger partial charge in [0.2, 0.25) is 5.91 Å². The molecule has 104 valence electrons. The van der Waals surface area contributed by atoms with Gasteiger partial charge in [0.15, 0.2) is 0 Å². The normalized spacial score (nSPS) is 11.9. The smallest absolute Gasteiger partial charge is 0.224 e. The lowest BCUT2D eigenvalue weighted by Crippen LogP contribution is -2.28. The van der Waals surface area contributed by atoms with Crippen molar-refractivity contribution in [2.24, 2.45) is 5.73 Å². The second-order valence-electron chi connectivity index (χ2n) is 4.73. The van der Waals surface area contributed by atoms with Crippen LogP contribution in [0.25, 0.3) is 0 Å². The highest BCUT2D eigenvalue weighted by atomic mass is 16.1. The van der Waals surface area contributed by atoms with Gasteiger partial charge in [-0.15, -0.1) is 0 Å². The van der Waals surface area contributed by atoms with Crippen LogP contribution in [-0.2, 0) is 17.8 Å². The molecule has 4 heteroatoms. The summed E-state index contributed by atoms with van der Waals surface area (Å²) in [7, 11) is 0. The van der Waals surface area contributed by atoms with Crippen LogP contribution in [-0.4, -0.2) is 10.9 Å². The number of amides is 1. The van der Waals surface area contributed by atoms with Gasteiger partial charge in [-0.1, -0.05) is 30.3 Å². The number of nitrogens with two attached hydrogens (primary N) is 1. The summed E-state index contributed by atoms with van der Waals surface area (Å²) in [5, 5.41) is 2.98. The van der Waals surface area contributed by atoms with Crippen molar-refractivity contribution in [2.45, 2.75) is 25.9 Å². The molecule has 1 atom stereocenters. The fraction of sp³-hybridized carbons (Fsp3) is 0.250. The number of nitrogens with zero attached hydrogens (tertiary/aromatic N) is 1. The number of carbonyl (C=O) groups excluding carboxylic acids is 1. The minimum atomic E-state index is -0.0544. The average Bonchev–Trinajstić information content (AvgIpc) is 2.48. The lowest BCUT2D eigenvalue weighted by Gasteiger charge is -2.14. The van der Waals surface area contributed by atoms with E-state index < -0.39 is 0 Å². The fourth-order valence-corrected chi connectivity index (χ4v) is 2.11. The van der Waals surface area contributed by atoms with Gasteiger partial charge in [-0.25, -0.2) is 0 Å². The van der Waals surface area contributed by atoms with Crippen molar-refractivity contribution < 1.29 is 4.79 Å². The molecule has 0 saturated heterocycles. The van der Waals surface area contributed by atoms with Crippen molar-refractivity contribution in [2.75, 3.05) is 0 Å². The zero-order valence-corrected chi connectivity index (χ0v) is 11.5. The molecule has 0 fully saturated rings. The Labute approximate surface area is 119 Å². The van der Waals surface area contributed by atoms with Crippen LogP contribution in [0.5, 0.6) is 0 Å². The first-order chi connectivity index (χ1) is 9.70. The number of carbonyl (C=O) groups is 1. The van der Waals surface area contributed by atoms with E-state index in [1.54, 1.807) is 12.4 Å². The Morgan fingerprint density at radius 2 is 2.00 bits per heavy atom. The van der Waals surface area contributed by atoms with Gasteiger partial charge in [-0.05, 0) is 29.7 Å². The Hall–Kier alpha value is -2.20. The van der Waals surface area contributed by atoms with E-state index in [4.69, 9.17) is 5.73 Å². The molecule has 0 aliphatic carbocycles. The van der Waals surface area contributed by atoms with Crippen LogP contribution in [0.4, 0.5) is 0 Å². The molecule has 0 aliphatic rings. The van der Waals surface area contributed by atoms with E-state index in [0.717, 1.165) is 16.7 Å². The minimum Gasteiger partial charge on any atom is -0.349 e. The summed E-state index contributed by atoms with van der Waals surface area (Å²) in [6.07, 6.45) is 3.83. The maximum atomic E-state index is 12.1. The Kier molecular flexibility index (Phi) is 4.85. The van der Waals surface area contributed by atoms with E-state index in [1.165, 1.54) is 0 Å². The highest BCUT2D eigenvalue weighted by Crippen LogP contribution is 2.12. The predicted octanol–water partition coefficient (Wildman–Crippen LogP) is 1.96. The quantitative estimate of drug-likeness (QED) is 0.872. The second-order valence-corrected chi connectivity index (χ2v) is 4.73. The number of benzene rings is 1. The van der Waals surface area contributed by atoms with Crippen LogP contribution in [0, 0.1) is 0 Å². The van der Waals surface area contributed by atoms with Gasteiger partial charge in [0.25, 0.3) is 0 Å². The molecule has 3 N–H and O–H groups in total. The molecule has 0 saturated carbocycles. The van der Waals surface area contributed by atoms with Crippen molar-refractivity contribution in [3.05, 3.63) is 65.5 Å². The van der Waals surface area contributed by atoms with E-state index in [1.807, 2.05) is 43.3 Å². The molecule has 0 bridgehead atoms. The zero-order chi connectivity index (χ0) is 14.4. The number of nitrogens with one attached hydrogen (secondary N) is 1. The fourth-order valence-electron chi connectivity index (χ4n) is 2.11. The van der Waals surface area contributed by atoms with Crippen LogP contribution in [0.15, 0.2) is 48.8 Å².